The average molecular weight is 454 g/mol. The summed E-state index contributed by atoms with van der Waals surface area (Å²) >= 11 is 0. The SMILES string of the molecule is CCCNC(=O)[C@H](CC)N(Cc1ccccc1C)C(=O)CCN1C(=O)[C@H]2CC=CC[C@H]2C1=O. The van der Waals surface area contributed by atoms with Crippen LogP contribution >= 0.6 is 0 Å². The normalized spacial score (nSPS) is 20.5. The summed E-state index contributed by atoms with van der Waals surface area (Å²) < 4.78 is 0. The van der Waals surface area contributed by atoms with E-state index in [9.17, 15) is 19.2 Å². The standard InChI is InChI=1S/C26H35N3O4/c1-4-15-27-24(31)22(5-2)29(17-19-11-7-6-10-18(19)3)23(30)14-16-28-25(32)20-12-8-9-13-21(20)26(28)33/h6-11,20-22H,4-5,12-17H2,1-3H3,(H,27,31)/t20-,21+,22-/m0/s1. The molecule has 178 valence electrons. The number of imide groups is 1. The Morgan fingerprint density at radius 2 is 1.73 bits per heavy atom. The fraction of sp³-hybridized carbons (Fsp3) is 0.538. The lowest BCUT2D eigenvalue weighted by Gasteiger charge is -2.31. The number of carbonyl (C=O) groups excluding carboxylic acids is 4. The fourth-order valence-corrected chi connectivity index (χ4v) is 4.70. The van der Waals surface area contributed by atoms with Crippen LogP contribution < -0.4 is 5.32 Å². The van der Waals surface area contributed by atoms with E-state index < -0.39 is 6.04 Å². The van der Waals surface area contributed by atoms with Gasteiger partial charge in [-0.3, -0.25) is 24.1 Å². The molecule has 0 unspecified atom stereocenters. The fourth-order valence-electron chi connectivity index (χ4n) is 4.70. The molecule has 1 aliphatic heterocycles. The molecule has 1 aliphatic carbocycles. The molecule has 1 fully saturated rings. The van der Waals surface area contributed by atoms with Gasteiger partial charge in [0.15, 0.2) is 0 Å². The summed E-state index contributed by atoms with van der Waals surface area (Å²) in [6, 6.07) is 7.18. The van der Waals surface area contributed by atoms with Crippen LogP contribution in [0.2, 0.25) is 0 Å². The maximum Gasteiger partial charge on any atom is 0.242 e. The van der Waals surface area contributed by atoms with Gasteiger partial charge in [0.25, 0.3) is 0 Å². The average Bonchev–Trinajstić information content (AvgIpc) is 3.06. The quantitative estimate of drug-likeness (QED) is 0.436. The van der Waals surface area contributed by atoms with E-state index in [1.54, 1.807) is 4.90 Å². The number of aryl methyl sites for hydroxylation is 1. The summed E-state index contributed by atoms with van der Waals surface area (Å²) in [7, 11) is 0. The van der Waals surface area contributed by atoms with E-state index in [1.807, 2.05) is 57.2 Å². The van der Waals surface area contributed by atoms with Gasteiger partial charge >= 0.3 is 0 Å². The van der Waals surface area contributed by atoms with E-state index >= 15 is 0 Å². The van der Waals surface area contributed by atoms with Gasteiger partial charge < -0.3 is 10.2 Å². The van der Waals surface area contributed by atoms with Crippen molar-refractivity contribution in [1.29, 1.82) is 0 Å². The lowest BCUT2D eigenvalue weighted by molar-refractivity contribution is -0.144. The predicted octanol–water partition coefficient (Wildman–Crippen LogP) is 2.97. The second-order valence-corrected chi connectivity index (χ2v) is 8.90. The molecule has 0 spiro atoms. The lowest BCUT2D eigenvalue weighted by Crippen LogP contribution is -2.50. The second-order valence-electron chi connectivity index (χ2n) is 8.90. The zero-order valence-electron chi connectivity index (χ0n) is 19.9. The minimum atomic E-state index is -0.611. The van der Waals surface area contributed by atoms with E-state index in [0.29, 0.717) is 32.4 Å². The number of nitrogens with zero attached hydrogens (tertiary/aromatic N) is 2. The van der Waals surface area contributed by atoms with Crippen molar-refractivity contribution in [3.8, 4) is 0 Å². The highest BCUT2D eigenvalue weighted by Gasteiger charge is 2.47. The maximum atomic E-state index is 13.4. The van der Waals surface area contributed by atoms with Crippen molar-refractivity contribution < 1.29 is 19.2 Å². The van der Waals surface area contributed by atoms with E-state index in [4.69, 9.17) is 0 Å². The van der Waals surface area contributed by atoms with Crippen molar-refractivity contribution in [3.63, 3.8) is 0 Å². The number of allylic oxidation sites excluding steroid dienone is 2. The van der Waals surface area contributed by atoms with Crippen LogP contribution in [0.1, 0.15) is 57.1 Å². The van der Waals surface area contributed by atoms with Crippen LogP contribution in [0.3, 0.4) is 0 Å². The first-order valence-electron chi connectivity index (χ1n) is 12.0. The molecule has 0 saturated carbocycles. The molecule has 3 rings (SSSR count). The summed E-state index contributed by atoms with van der Waals surface area (Å²) in [5.41, 5.74) is 2.01. The van der Waals surface area contributed by atoms with Crippen molar-refractivity contribution >= 4 is 23.6 Å². The van der Waals surface area contributed by atoms with Crippen LogP contribution in [0.4, 0.5) is 0 Å². The van der Waals surface area contributed by atoms with Gasteiger partial charge in [-0.2, -0.15) is 0 Å². The molecule has 3 atom stereocenters. The van der Waals surface area contributed by atoms with Crippen LogP contribution in [0.5, 0.6) is 0 Å². The first-order valence-corrected chi connectivity index (χ1v) is 12.0. The molecule has 0 radical (unpaired) electrons. The Hall–Kier alpha value is -2.96. The number of hydrogen-bond donors (Lipinski definition) is 1. The first kappa shape index (κ1) is 24.7. The molecule has 7 nitrogen and oxygen atoms in total. The number of fused-ring (bicyclic) bond motifs is 1. The van der Waals surface area contributed by atoms with Crippen LogP contribution in [0.15, 0.2) is 36.4 Å². The molecule has 1 heterocycles. The highest BCUT2D eigenvalue weighted by Crippen LogP contribution is 2.35. The maximum absolute atomic E-state index is 13.4. The summed E-state index contributed by atoms with van der Waals surface area (Å²) in [6.45, 7) is 6.76. The monoisotopic (exact) mass is 453 g/mol. The Morgan fingerprint density at radius 1 is 1.09 bits per heavy atom. The summed E-state index contributed by atoms with van der Waals surface area (Å²) in [4.78, 5) is 54.7. The number of benzene rings is 1. The minimum absolute atomic E-state index is 0.00773. The number of rotatable bonds is 10. The number of amides is 4. The topological polar surface area (TPSA) is 86.8 Å². The highest BCUT2D eigenvalue weighted by atomic mass is 16.2. The van der Waals surface area contributed by atoms with Crippen LogP contribution in [0.25, 0.3) is 0 Å². The van der Waals surface area contributed by atoms with Crippen LogP contribution in [0, 0.1) is 18.8 Å². The van der Waals surface area contributed by atoms with Gasteiger partial charge in [0.2, 0.25) is 23.6 Å². The molecule has 0 aromatic heterocycles. The molecule has 1 saturated heterocycles. The van der Waals surface area contributed by atoms with E-state index in [0.717, 1.165) is 17.5 Å². The van der Waals surface area contributed by atoms with Gasteiger partial charge in [0.05, 0.1) is 11.8 Å². The van der Waals surface area contributed by atoms with Crippen LogP contribution in [-0.2, 0) is 25.7 Å². The van der Waals surface area contributed by atoms with Gasteiger partial charge in [0.1, 0.15) is 6.04 Å². The third-order valence-corrected chi connectivity index (χ3v) is 6.69. The summed E-state index contributed by atoms with van der Waals surface area (Å²) in [6.07, 6.45) is 6.35. The van der Waals surface area contributed by atoms with Crippen LogP contribution in [-0.4, -0.2) is 52.6 Å². The second kappa shape index (κ2) is 11.3. The molecular weight excluding hydrogens is 418 g/mol. The zero-order valence-corrected chi connectivity index (χ0v) is 19.9. The lowest BCUT2D eigenvalue weighted by atomic mass is 9.85. The highest BCUT2D eigenvalue weighted by molar-refractivity contribution is 6.05. The Bertz CT molecular complexity index is 900. The first-order chi connectivity index (χ1) is 15.9. The molecule has 1 aromatic rings. The van der Waals surface area contributed by atoms with E-state index in [1.165, 1.54) is 4.90 Å². The molecule has 4 amide bonds. The Kier molecular flexibility index (Phi) is 8.42. The predicted molar refractivity (Wildman–Crippen MR) is 126 cm³/mol. The number of hydrogen-bond acceptors (Lipinski definition) is 4. The zero-order chi connectivity index (χ0) is 24.0. The molecule has 1 N–H and O–H groups in total. The molecule has 1 aromatic carbocycles. The third-order valence-electron chi connectivity index (χ3n) is 6.69. The number of nitrogens with one attached hydrogen (secondary N) is 1. The van der Waals surface area contributed by atoms with Crippen molar-refractivity contribution in [2.45, 2.75) is 65.5 Å². The van der Waals surface area contributed by atoms with Gasteiger partial charge in [0, 0.05) is 26.1 Å². The van der Waals surface area contributed by atoms with Crippen molar-refractivity contribution in [1.82, 2.24) is 15.1 Å². The minimum Gasteiger partial charge on any atom is -0.354 e. The third kappa shape index (κ3) is 5.52. The van der Waals surface area contributed by atoms with E-state index in [-0.39, 0.29) is 48.4 Å². The molecule has 33 heavy (non-hydrogen) atoms. The summed E-state index contributed by atoms with van der Waals surface area (Å²) in [5, 5.41) is 2.91. The van der Waals surface area contributed by atoms with Gasteiger partial charge in [-0.25, -0.2) is 0 Å². The van der Waals surface area contributed by atoms with Gasteiger partial charge in [-0.05, 0) is 43.7 Å². The van der Waals surface area contributed by atoms with Crippen molar-refractivity contribution in [2.24, 2.45) is 11.8 Å². The Morgan fingerprint density at radius 3 is 2.30 bits per heavy atom. The number of carbonyl (C=O) groups is 4. The van der Waals surface area contributed by atoms with Gasteiger partial charge in [-0.15, -0.1) is 0 Å². The molecule has 2 aliphatic rings. The summed E-state index contributed by atoms with van der Waals surface area (Å²) in [5.74, 6) is -1.37. The largest absolute Gasteiger partial charge is 0.354 e. The molecule has 7 heteroatoms. The molecule has 0 bridgehead atoms. The van der Waals surface area contributed by atoms with Crippen molar-refractivity contribution in [2.75, 3.05) is 13.1 Å². The van der Waals surface area contributed by atoms with Crippen molar-refractivity contribution in [3.05, 3.63) is 47.5 Å². The van der Waals surface area contributed by atoms with E-state index in [2.05, 4.69) is 5.32 Å². The van der Waals surface area contributed by atoms with Gasteiger partial charge in [-0.1, -0.05) is 50.3 Å². The Balaban J connectivity index is 1.75. The number of likely N-dealkylation sites (tertiary alicyclic amines) is 1. The smallest absolute Gasteiger partial charge is 0.242 e. The molecular formula is C26H35N3O4. The Labute approximate surface area is 196 Å².